The molecule has 1 amide bonds. The fourth-order valence-electron chi connectivity index (χ4n) is 4.01. The first-order valence-electron chi connectivity index (χ1n) is 9.90. The third-order valence-electron chi connectivity index (χ3n) is 5.91. The van der Waals surface area contributed by atoms with Gasteiger partial charge in [0.05, 0.1) is 25.7 Å². The van der Waals surface area contributed by atoms with Crippen molar-refractivity contribution in [1.82, 2.24) is 4.90 Å². The number of carbonyl (C=O) groups excluding carboxylic acids is 1. The van der Waals surface area contributed by atoms with Crippen LogP contribution >= 0.6 is 0 Å². The zero-order valence-corrected chi connectivity index (χ0v) is 15.8. The summed E-state index contributed by atoms with van der Waals surface area (Å²) in [6.45, 7) is 3.33. The summed E-state index contributed by atoms with van der Waals surface area (Å²) in [5.74, 6) is 0.765. The van der Waals surface area contributed by atoms with Crippen LogP contribution in [0.5, 0.6) is 11.5 Å². The first-order valence-corrected chi connectivity index (χ1v) is 9.90. The molecule has 6 nitrogen and oxygen atoms in total. The number of rotatable bonds is 7. The first kappa shape index (κ1) is 18.1. The number of carbonyl (C=O) groups is 2. The second kappa shape index (κ2) is 7.06. The minimum Gasteiger partial charge on any atom is -0.490 e. The van der Waals surface area contributed by atoms with Gasteiger partial charge in [-0.3, -0.25) is 9.59 Å². The maximum absolute atomic E-state index is 13.1. The number of ether oxygens (including phenoxy) is 2. The van der Waals surface area contributed by atoms with Crippen LogP contribution in [-0.2, 0) is 9.59 Å². The van der Waals surface area contributed by atoms with Crippen molar-refractivity contribution in [3.8, 4) is 11.5 Å². The Morgan fingerprint density at radius 2 is 1.89 bits per heavy atom. The van der Waals surface area contributed by atoms with Gasteiger partial charge in [0.2, 0.25) is 5.91 Å². The van der Waals surface area contributed by atoms with E-state index in [4.69, 9.17) is 14.6 Å². The summed E-state index contributed by atoms with van der Waals surface area (Å²) in [5.41, 5.74) is 0.711. The first-order chi connectivity index (χ1) is 13.0. The number of carboxylic acids is 1. The Morgan fingerprint density at radius 1 is 1.19 bits per heavy atom. The van der Waals surface area contributed by atoms with E-state index in [1.54, 1.807) is 0 Å². The minimum atomic E-state index is -0.811. The average Bonchev–Trinajstić information content (AvgIpc) is 3.50. The highest BCUT2D eigenvalue weighted by atomic mass is 16.5. The fourth-order valence-corrected chi connectivity index (χ4v) is 4.01. The van der Waals surface area contributed by atoms with Crippen molar-refractivity contribution in [3.05, 3.63) is 23.8 Å². The predicted octanol–water partition coefficient (Wildman–Crippen LogP) is 3.54. The van der Waals surface area contributed by atoms with Gasteiger partial charge in [-0.2, -0.15) is 0 Å². The van der Waals surface area contributed by atoms with E-state index in [1.165, 1.54) is 0 Å². The van der Waals surface area contributed by atoms with Crippen LogP contribution in [0.15, 0.2) is 18.2 Å². The molecule has 0 saturated heterocycles. The second-order valence-electron chi connectivity index (χ2n) is 8.21. The van der Waals surface area contributed by atoms with E-state index in [9.17, 15) is 9.59 Å². The Labute approximate surface area is 159 Å². The van der Waals surface area contributed by atoms with Gasteiger partial charge in [0.25, 0.3) is 0 Å². The zero-order valence-electron chi connectivity index (χ0n) is 15.8. The van der Waals surface area contributed by atoms with Crippen LogP contribution in [-0.4, -0.2) is 41.1 Å². The number of nitrogens with zero attached hydrogens (tertiary/aromatic N) is 1. The molecule has 2 saturated carbocycles. The van der Waals surface area contributed by atoms with E-state index in [-0.39, 0.29) is 29.8 Å². The minimum absolute atomic E-state index is 0.0669. The van der Waals surface area contributed by atoms with Gasteiger partial charge in [0, 0.05) is 18.9 Å². The molecule has 0 radical (unpaired) electrons. The standard InChI is InChI=1S/C21H27NO5/c1-14(15-3-6-17-18(11-15)27-10-2-9-26-17)22(16-4-5-16)19(23)12-21(7-8-21)13-20(24)25/h3,6,11,14,16H,2,4-5,7-10,12-13H2,1H3,(H,24,25). The third-order valence-corrected chi connectivity index (χ3v) is 5.91. The lowest BCUT2D eigenvalue weighted by Crippen LogP contribution is -2.37. The Balaban J connectivity index is 1.51. The van der Waals surface area contributed by atoms with Crippen molar-refractivity contribution in [2.75, 3.05) is 13.2 Å². The number of carboxylic acid groups (broad SMARTS) is 1. The van der Waals surface area contributed by atoms with Crippen molar-refractivity contribution in [3.63, 3.8) is 0 Å². The van der Waals surface area contributed by atoms with Gasteiger partial charge in [-0.05, 0) is 55.7 Å². The number of benzene rings is 1. The molecule has 4 rings (SSSR count). The number of fused-ring (bicyclic) bond motifs is 1. The lowest BCUT2D eigenvalue weighted by atomic mass is 9.96. The number of hydrogen-bond donors (Lipinski definition) is 1. The van der Waals surface area contributed by atoms with Crippen molar-refractivity contribution in [2.24, 2.45) is 5.41 Å². The third kappa shape index (κ3) is 4.04. The summed E-state index contributed by atoms with van der Waals surface area (Å²) >= 11 is 0. The van der Waals surface area contributed by atoms with Crippen molar-refractivity contribution in [1.29, 1.82) is 0 Å². The summed E-state index contributed by atoms with van der Waals surface area (Å²) in [4.78, 5) is 26.2. The molecule has 2 fully saturated rings. The van der Waals surface area contributed by atoms with Crippen molar-refractivity contribution >= 4 is 11.9 Å². The molecular weight excluding hydrogens is 346 g/mol. The van der Waals surface area contributed by atoms with Crippen LogP contribution in [0.4, 0.5) is 0 Å². The molecule has 6 heteroatoms. The normalized spacial score (nSPS) is 21.1. The molecule has 27 heavy (non-hydrogen) atoms. The molecule has 1 aromatic rings. The molecule has 1 aromatic carbocycles. The van der Waals surface area contributed by atoms with Crippen LogP contribution in [0.3, 0.4) is 0 Å². The molecule has 1 atom stereocenters. The summed E-state index contributed by atoms with van der Waals surface area (Å²) in [6.07, 6.45) is 5.00. The van der Waals surface area contributed by atoms with Crippen LogP contribution in [0.25, 0.3) is 0 Å². The van der Waals surface area contributed by atoms with Crippen LogP contribution < -0.4 is 9.47 Å². The van der Waals surface area contributed by atoms with Gasteiger partial charge in [-0.1, -0.05) is 6.07 Å². The van der Waals surface area contributed by atoms with E-state index in [0.29, 0.717) is 19.6 Å². The molecule has 1 unspecified atom stereocenters. The smallest absolute Gasteiger partial charge is 0.303 e. The molecular formula is C21H27NO5. The van der Waals surface area contributed by atoms with Crippen LogP contribution in [0.1, 0.15) is 63.5 Å². The van der Waals surface area contributed by atoms with E-state index in [2.05, 4.69) is 0 Å². The zero-order chi connectivity index (χ0) is 19.0. The lowest BCUT2D eigenvalue weighted by Gasteiger charge is -2.31. The maximum atomic E-state index is 13.1. The monoisotopic (exact) mass is 373 g/mol. The summed E-state index contributed by atoms with van der Waals surface area (Å²) in [7, 11) is 0. The summed E-state index contributed by atoms with van der Waals surface area (Å²) in [5, 5.41) is 9.13. The van der Waals surface area contributed by atoms with E-state index in [0.717, 1.165) is 49.2 Å². The molecule has 0 aromatic heterocycles. The predicted molar refractivity (Wildman–Crippen MR) is 98.9 cm³/mol. The van der Waals surface area contributed by atoms with Gasteiger partial charge >= 0.3 is 5.97 Å². The maximum Gasteiger partial charge on any atom is 0.303 e. The van der Waals surface area contributed by atoms with Gasteiger partial charge in [0.15, 0.2) is 11.5 Å². The molecule has 2 aliphatic carbocycles. The topological polar surface area (TPSA) is 76.1 Å². The fraction of sp³-hybridized carbons (Fsp3) is 0.619. The van der Waals surface area contributed by atoms with Gasteiger partial charge < -0.3 is 19.5 Å². The van der Waals surface area contributed by atoms with E-state index in [1.807, 2.05) is 30.0 Å². The molecule has 0 bridgehead atoms. The Bertz CT molecular complexity index is 738. The molecule has 1 aliphatic heterocycles. The van der Waals surface area contributed by atoms with Crippen molar-refractivity contribution in [2.45, 2.75) is 64.0 Å². The average molecular weight is 373 g/mol. The quantitative estimate of drug-likeness (QED) is 0.791. The van der Waals surface area contributed by atoms with Crippen LogP contribution in [0, 0.1) is 5.41 Å². The van der Waals surface area contributed by atoms with Gasteiger partial charge in [-0.25, -0.2) is 0 Å². The Hall–Kier alpha value is -2.24. The highest BCUT2D eigenvalue weighted by Gasteiger charge is 2.48. The van der Waals surface area contributed by atoms with E-state index < -0.39 is 5.97 Å². The molecule has 146 valence electrons. The Kier molecular flexibility index (Phi) is 4.74. The highest BCUT2D eigenvalue weighted by molar-refractivity contribution is 5.80. The van der Waals surface area contributed by atoms with Crippen LogP contribution in [0.2, 0.25) is 0 Å². The molecule has 1 heterocycles. The number of hydrogen-bond acceptors (Lipinski definition) is 4. The SMILES string of the molecule is CC(c1ccc2c(c1)OCCCO2)N(C(=O)CC1(CC(=O)O)CC1)C1CC1. The summed E-state index contributed by atoms with van der Waals surface area (Å²) < 4.78 is 11.5. The Morgan fingerprint density at radius 3 is 2.52 bits per heavy atom. The number of aliphatic carboxylic acids is 1. The second-order valence-corrected chi connectivity index (χ2v) is 8.21. The highest BCUT2D eigenvalue weighted by Crippen LogP contribution is 2.53. The van der Waals surface area contributed by atoms with Crippen molar-refractivity contribution < 1.29 is 24.2 Å². The lowest BCUT2D eigenvalue weighted by molar-refractivity contribution is -0.140. The van der Waals surface area contributed by atoms with E-state index >= 15 is 0 Å². The number of amides is 1. The van der Waals surface area contributed by atoms with Gasteiger partial charge in [0.1, 0.15) is 0 Å². The summed E-state index contributed by atoms with van der Waals surface area (Å²) in [6, 6.07) is 6.12. The molecule has 0 spiro atoms. The molecule has 1 N–H and O–H groups in total. The van der Waals surface area contributed by atoms with Gasteiger partial charge in [-0.15, -0.1) is 0 Å². The molecule has 3 aliphatic rings. The largest absolute Gasteiger partial charge is 0.490 e.